The summed E-state index contributed by atoms with van der Waals surface area (Å²) in [6, 6.07) is 8.45. The Labute approximate surface area is 151 Å². The number of aromatic nitrogens is 3. The topological polar surface area (TPSA) is 85.1 Å². The number of carbonyl (C=O) groups excluding carboxylic acids is 1. The highest BCUT2D eigenvalue weighted by Crippen LogP contribution is 2.17. The molecule has 7 nitrogen and oxygen atoms in total. The largest absolute Gasteiger partial charge is 0.618 e. The molecule has 0 aliphatic carbocycles. The van der Waals surface area contributed by atoms with E-state index in [-0.39, 0.29) is 5.91 Å². The summed E-state index contributed by atoms with van der Waals surface area (Å²) in [5, 5.41) is 15.5. The number of nitrogens with one attached hydrogen (secondary N) is 1. The summed E-state index contributed by atoms with van der Waals surface area (Å²) >= 11 is 0. The van der Waals surface area contributed by atoms with E-state index in [0.717, 1.165) is 24.4 Å². The first-order valence-electron chi connectivity index (χ1n) is 9.01. The third-order valence-electron chi connectivity index (χ3n) is 4.84. The molecule has 26 heavy (non-hydrogen) atoms. The van der Waals surface area contributed by atoms with Crippen molar-refractivity contribution in [2.24, 2.45) is 0 Å². The van der Waals surface area contributed by atoms with Gasteiger partial charge < -0.3 is 15.4 Å². The average molecular weight is 351 g/mol. The second-order valence-electron chi connectivity index (χ2n) is 6.58. The van der Waals surface area contributed by atoms with Crippen LogP contribution in [0.4, 0.5) is 0 Å². The fraction of sp³-hybridized carbons (Fsp3) is 0.368. The maximum Gasteiger partial charge on any atom is 0.262 e. The number of rotatable bonds is 4. The van der Waals surface area contributed by atoms with Crippen LogP contribution in [0.25, 0.3) is 22.2 Å². The highest BCUT2D eigenvalue weighted by atomic mass is 16.5. The van der Waals surface area contributed by atoms with Gasteiger partial charge in [-0.3, -0.25) is 4.79 Å². The van der Waals surface area contributed by atoms with Crippen LogP contribution in [0, 0.1) is 5.21 Å². The Morgan fingerprint density at radius 2 is 1.96 bits per heavy atom. The van der Waals surface area contributed by atoms with Crippen molar-refractivity contribution in [3.8, 4) is 0 Å². The Bertz CT molecular complexity index is 953. The molecule has 1 aliphatic rings. The summed E-state index contributed by atoms with van der Waals surface area (Å²) in [4.78, 5) is 23.6. The maximum atomic E-state index is 12.6. The molecule has 0 radical (unpaired) electrons. The summed E-state index contributed by atoms with van der Waals surface area (Å²) in [6.45, 7) is 3.62. The molecule has 0 atom stereocenters. The fourth-order valence-corrected chi connectivity index (χ4v) is 3.47. The maximum absolute atomic E-state index is 12.6. The van der Waals surface area contributed by atoms with Gasteiger partial charge in [-0.1, -0.05) is 12.5 Å². The predicted octanol–water partition coefficient (Wildman–Crippen LogP) is 1.63. The number of para-hydroxylation sites is 1. The van der Waals surface area contributed by atoms with E-state index in [9.17, 15) is 10.0 Å². The zero-order valence-corrected chi connectivity index (χ0v) is 14.5. The Morgan fingerprint density at radius 1 is 1.15 bits per heavy atom. The van der Waals surface area contributed by atoms with E-state index in [4.69, 9.17) is 0 Å². The summed E-state index contributed by atoms with van der Waals surface area (Å²) in [5.74, 6) is -0.213. The zero-order chi connectivity index (χ0) is 17.9. The first-order chi connectivity index (χ1) is 12.7. The molecule has 134 valence electrons. The lowest BCUT2D eigenvalue weighted by Gasteiger charge is -2.26. The number of benzene rings is 1. The lowest BCUT2D eigenvalue weighted by molar-refractivity contribution is -0.548. The van der Waals surface area contributed by atoms with E-state index in [1.807, 2.05) is 0 Å². The van der Waals surface area contributed by atoms with Crippen molar-refractivity contribution in [1.29, 1.82) is 0 Å². The highest BCUT2D eigenvalue weighted by Gasteiger charge is 2.19. The monoisotopic (exact) mass is 351 g/mol. The van der Waals surface area contributed by atoms with Gasteiger partial charge >= 0.3 is 0 Å². The molecule has 0 bridgehead atoms. The van der Waals surface area contributed by atoms with E-state index >= 15 is 0 Å². The van der Waals surface area contributed by atoms with Gasteiger partial charge in [0.1, 0.15) is 0 Å². The molecular weight excluding hydrogens is 330 g/mol. The number of amides is 1. The lowest BCUT2D eigenvalue weighted by Crippen LogP contribution is -2.38. The molecule has 1 aliphatic heterocycles. The second-order valence-corrected chi connectivity index (χ2v) is 6.58. The third kappa shape index (κ3) is 3.17. The average Bonchev–Trinajstić information content (AvgIpc) is 2.68. The fourth-order valence-electron chi connectivity index (χ4n) is 3.47. The molecule has 2 aromatic heterocycles. The molecule has 1 fully saturated rings. The van der Waals surface area contributed by atoms with Crippen molar-refractivity contribution in [1.82, 2.24) is 20.2 Å². The van der Waals surface area contributed by atoms with Gasteiger partial charge in [-0.2, -0.15) is 4.73 Å². The summed E-state index contributed by atoms with van der Waals surface area (Å²) in [6.07, 6.45) is 5.33. The van der Waals surface area contributed by atoms with E-state index in [2.05, 4.69) is 20.2 Å². The minimum atomic E-state index is -0.213. The van der Waals surface area contributed by atoms with Crippen LogP contribution < -0.4 is 10.0 Å². The summed E-state index contributed by atoms with van der Waals surface area (Å²) in [7, 11) is 0. The third-order valence-corrected chi connectivity index (χ3v) is 4.84. The van der Waals surface area contributed by atoms with Gasteiger partial charge in [0.25, 0.3) is 11.4 Å². The smallest absolute Gasteiger partial charge is 0.262 e. The highest BCUT2D eigenvalue weighted by molar-refractivity contribution is 6.04. The Morgan fingerprint density at radius 3 is 2.81 bits per heavy atom. The van der Waals surface area contributed by atoms with Gasteiger partial charge in [0.15, 0.2) is 5.52 Å². The first-order valence-corrected chi connectivity index (χ1v) is 9.01. The van der Waals surface area contributed by atoms with E-state index in [0.29, 0.717) is 34.3 Å². The molecule has 3 heterocycles. The molecule has 4 rings (SSSR count). The van der Waals surface area contributed by atoms with Crippen molar-refractivity contribution < 1.29 is 9.52 Å². The Balaban J connectivity index is 1.58. The van der Waals surface area contributed by atoms with Crippen LogP contribution in [0.1, 0.15) is 29.6 Å². The van der Waals surface area contributed by atoms with E-state index < -0.39 is 0 Å². The molecule has 0 spiro atoms. The van der Waals surface area contributed by atoms with E-state index in [1.165, 1.54) is 19.3 Å². The second kappa shape index (κ2) is 7.21. The van der Waals surface area contributed by atoms with Crippen LogP contribution in [-0.2, 0) is 0 Å². The number of nitrogens with zero attached hydrogens (tertiary/aromatic N) is 4. The van der Waals surface area contributed by atoms with Crippen LogP contribution in [0.15, 0.2) is 36.5 Å². The number of piperidine rings is 1. The number of hydrogen-bond acceptors (Lipinski definition) is 5. The molecule has 3 aromatic rings. The summed E-state index contributed by atoms with van der Waals surface area (Å²) < 4.78 is 0.787. The molecule has 0 unspecified atom stereocenters. The van der Waals surface area contributed by atoms with Crippen LogP contribution in [-0.4, -0.2) is 47.0 Å². The van der Waals surface area contributed by atoms with Gasteiger partial charge in [-0.05, 0) is 38.1 Å². The van der Waals surface area contributed by atoms with Gasteiger partial charge in [0.2, 0.25) is 11.2 Å². The molecule has 1 saturated heterocycles. The van der Waals surface area contributed by atoms with Crippen molar-refractivity contribution in [3.63, 3.8) is 0 Å². The number of pyridine rings is 1. The van der Waals surface area contributed by atoms with Crippen LogP contribution in [0.2, 0.25) is 0 Å². The number of carbonyl (C=O) groups is 1. The number of hydrogen-bond donors (Lipinski definition) is 1. The molecule has 7 heteroatoms. The normalized spacial score (nSPS) is 15.4. The van der Waals surface area contributed by atoms with Crippen LogP contribution in [0.3, 0.4) is 0 Å². The van der Waals surface area contributed by atoms with Gasteiger partial charge in [0.05, 0.1) is 5.56 Å². The van der Waals surface area contributed by atoms with Gasteiger partial charge in [-0.15, -0.1) is 0 Å². The van der Waals surface area contributed by atoms with Crippen LogP contribution in [0.5, 0.6) is 0 Å². The molecule has 0 saturated carbocycles. The minimum absolute atomic E-state index is 0.213. The SMILES string of the molecule is O=C(NCCN1CCCCC1)c1cccc2c1nc1ncccc1[n+]2[O-]. The van der Waals surface area contributed by atoms with E-state index in [1.54, 1.807) is 36.5 Å². The van der Waals surface area contributed by atoms with Crippen molar-refractivity contribution >= 4 is 28.1 Å². The first kappa shape index (κ1) is 16.7. The lowest BCUT2D eigenvalue weighted by atomic mass is 10.1. The zero-order valence-electron chi connectivity index (χ0n) is 14.5. The van der Waals surface area contributed by atoms with Crippen molar-refractivity contribution in [2.45, 2.75) is 19.3 Å². The molecule has 1 N–H and O–H groups in total. The Hall–Kier alpha value is -2.80. The molecule has 1 aromatic carbocycles. The van der Waals surface area contributed by atoms with Gasteiger partial charge in [0, 0.05) is 31.4 Å². The number of fused-ring (bicyclic) bond motifs is 2. The van der Waals surface area contributed by atoms with Gasteiger partial charge in [-0.25, -0.2) is 9.97 Å². The van der Waals surface area contributed by atoms with Crippen LogP contribution >= 0.6 is 0 Å². The predicted molar refractivity (Wildman–Crippen MR) is 98.6 cm³/mol. The molecule has 1 amide bonds. The minimum Gasteiger partial charge on any atom is -0.618 e. The summed E-state index contributed by atoms with van der Waals surface area (Å²) in [5.41, 5.74) is 1.88. The quantitative estimate of drug-likeness (QED) is 0.439. The molecular formula is C19H21N5O2. The van der Waals surface area contributed by atoms with Crippen molar-refractivity contribution in [3.05, 3.63) is 47.3 Å². The number of likely N-dealkylation sites (tertiary alicyclic amines) is 1. The Kier molecular flexibility index (Phi) is 4.62. The van der Waals surface area contributed by atoms with Crippen molar-refractivity contribution in [2.75, 3.05) is 26.2 Å². The standard InChI is InChI=1S/C19H21N5O2/c25-19(21-10-13-23-11-2-1-3-12-23)14-6-4-7-15-17(14)22-18-16(24(15)26)8-5-9-20-18/h4-9H,1-3,10-13H2,(H,21,25).